The highest BCUT2D eigenvalue weighted by molar-refractivity contribution is 7.15. The molecule has 0 amide bonds. The van der Waals surface area contributed by atoms with Gasteiger partial charge < -0.3 is 13.7 Å². The number of carbonyl (C=O) groups excluding carboxylic acids is 1. The maximum absolute atomic E-state index is 12.9. The maximum Gasteiger partial charge on any atom is 0.416 e. The van der Waals surface area contributed by atoms with Crippen LogP contribution in [0.4, 0.5) is 13.2 Å². The minimum atomic E-state index is -4.49. The Morgan fingerprint density at radius 3 is 2.77 bits per heavy atom. The van der Waals surface area contributed by atoms with Gasteiger partial charge in [0, 0.05) is 10.4 Å². The highest BCUT2D eigenvalue weighted by Crippen LogP contribution is 2.31. The summed E-state index contributed by atoms with van der Waals surface area (Å²) < 4.78 is 53.9. The molecule has 0 aliphatic rings. The molecule has 1 aromatic carbocycles. The molecule has 154 valence electrons. The number of aromatic nitrogens is 3. The normalized spacial score (nSPS) is 11.6. The van der Waals surface area contributed by atoms with E-state index in [-0.39, 0.29) is 29.6 Å². The topological polar surface area (TPSA) is 91.2 Å². The number of carbonyl (C=O) groups is 1. The van der Waals surface area contributed by atoms with Crippen LogP contribution in [-0.4, -0.2) is 21.1 Å². The SMILES string of the molecule is Cc1sc(-c2ccco2)nc1C(=O)OCc1nc(-c2cccc(C(F)(F)F)c2)no1. The molecule has 0 saturated heterocycles. The van der Waals surface area contributed by atoms with Crippen LogP contribution >= 0.6 is 11.3 Å². The Morgan fingerprint density at radius 1 is 1.20 bits per heavy atom. The summed E-state index contributed by atoms with van der Waals surface area (Å²) in [5.41, 5.74) is -0.572. The number of furan rings is 1. The van der Waals surface area contributed by atoms with Crippen LogP contribution in [0.2, 0.25) is 0 Å². The molecule has 0 aliphatic heterocycles. The Kier molecular flexibility index (Phi) is 5.12. The average Bonchev–Trinajstić information content (AvgIpc) is 3.46. The number of alkyl halides is 3. The molecule has 0 aliphatic carbocycles. The van der Waals surface area contributed by atoms with Gasteiger partial charge in [0.1, 0.15) is 0 Å². The fourth-order valence-corrected chi connectivity index (χ4v) is 3.42. The predicted octanol–water partition coefficient (Wildman–Crippen LogP) is 5.14. The summed E-state index contributed by atoms with van der Waals surface area (Å²) in [6.07, 6.45) is -2.99. The van der Waals surface area contributed by atoms with Crippen molar-refractivity contribution in [3.05, 3.63) is 64.7 Å². The van der Waals surface area contributed by atoms with Gasteiger partial charge >= 0.3 is 12.1 Å². The second-order valence-electron chi connectivity index (χ2n) is 6.07. The molecule has 4 rings (SSSR count). The lowest BCUT2D eigenvalue weighted by atomic mass is 10.1. The van der Waals surface area contributed by atoms with E-state index >= 15 is 0 Å². The lowest BCUT2D eigenvalue weighted by molar-refractivity contribution is -0.137. The van der Waals surface area contributed by atoms with Crippen molar-refractivity contribution in [2.45, 2.75) is 19.7 Å². The van der Waals surface area contributed by atoms with E-state index in [4.69, 9.17) is 13.7 Å². The van der Waals surface area contributed by atoms with E-state index in [1.165, 1.54) is 29.7 Å². The van der Waals surface area contributed by atoms with Gasteiger partial charge in [-0.2, -0.15) is 18.2 Å². The molecule has 0 fully saturated rings. The third-order valence-electron chi connectivity index (χ3n) is 3.96. The first-order valence-corrected chi connectivity index (χ1v) is 9.31. The maximum atomic E-state index is 12.9. The zero-order valence-corrected chi connectivity index (χ0v) is 16.1. The van der Waals surface area contributed by atoms with Crippen LogP contribution in [-0.2, 0) is 17.5 Å². The van der Waals surface area contributed by atoms with E-state index in [0.29, 0.717) is 15.6 Å². The molecule has 0 spiro atoms. The fourth-order valence-electron chi connectivity index (χ4n) is 2.55. The van der Waals surface area contributed by atoms with Gasteiger partial charge in [0.05, 0.1) is 11.8 Å². The lowest BCUT2D eigenvalue weighted by Gasteiger charge is -2.06. The lowest BCUT2D eigenvalue weighted by Crippen LogP contribution is -2.07. The number of nitrogens with zero attached hydrogens (tertiary/aromatic N) is 3. The Balaban J connectivity index is 1.45. The molecule has 0 radical (unpaired) electrons. The van der Waals surface area contributed by atoms with Crippen molar-refractivity contribution in [3.8, 4) is 22.2 Å². The zero-order valence-electron chi connectivity index (χ0n) is 15.3. The summed E-state index contributed by atoms with van der Waals surface area (Å²) in [6, 6.07) is 7.96. The number of esters is 1. The molecule has 3 aromatic heterocycles. The first-order chi connectivity index (χ1) is 14.3. The molecule has 4 aromatic rings. The van der Waals surface area contributed by atoms with Crippen molar-refractivity contribution in [1.82, 2.24) is 15.1 Å². The number of rotatable bonds is 5. The standard InChI is InChI=1S/C19H12F3N3O4S/c1-10-15(24-17(30-10)13-6-3-7-27-13)18(26)28-9-14-23-16(25-29-14)11-4-2-5-12(8-11)19(20,21)22/h2-8H,9H2,1H3. The molecule has 0 unspecified atom stereocenters. The first kappa shape index (κ1) is 19.8. The van der Waals surface area contributed by atoms with Crippen LogP contribution in [0.15, 0.2) is 51.6 Å². The van der Waals surface area contributed by atoms with Crippen LogP contribution in [0.3, 0.4) is 0 Å². The molecule has 11 heteroatoms. The highest BCUT2D eigenvalue weighted by atomic mass is 32.1. The molecular weight excluding hydrogens is 423 g/mol. The predicted molar refractivity (Wildman–Crippen MR) is 98.4 cm³/mol. The summed E-state index contributed by atoms with van der Waals surface area (Å²) in [4.78, 5) is 21.2. The van der Waals surface area contributed by atoms with E-state index in [1.54, 1.807) is 19.1 Å². The van der Waals surface area contributed by atoms with E-state index in [1.807, 2.05) is 0 Å². The Hall–Kier alpha value is -3.47. The summed E-state index contributed by atoms with van der Waals surface area (Å²) in [6.45, 7) is 1.37. The van der Waals surface area contributed by atoms with Crippen LogP contribution in [0.1, 0.15) is 26.8 Å². The van der Waals surface area contributed by atoms with Gasteiger partial charge in [0.15, 0.2) is 23.1 Å². The van der Waals surface area contributed by atoms with E-state index < -0.39 is 17.7 Å². The van der Waals surface area contributed by atoms with Crippen molar-refractivity contribution in [2.24, 2.45) is 0 Å². The smallest absolute Gasteiger partial charge is 0.416 e. The summed E-state index contributed by atoms with van der Waals surface area (Å²) in [5.74, 6) is -0.267. The molecule has 30 heavy (non-hydrogen) atoms. The molecule has 0 N–H and O–H groups in total. The van der Waals surface area contributed by atoms with Gasteiger partial charge in [-0.15, -0.1) is 11.3 Å². The van der Waals surface area contributed by atoms with Gasteiger partial charge in [-0.1, -0.05) is 17.3 Å². The second kappa shape index (κ2) is 7.75. The molecule has 3 heterocycles. The van der Waals surface area contributed by atoms with Crippen LogP contribution in [0.5, 0.6) is 0 Å². The van der Waals surface area contributed by atoms with Crippen LogP contribution in [0.25, 0.3) is 22.2 Å². The molecule has 0 bridgehead atoms. The minimum Gasteiger partial charge on any atom is -0.462 e. The Labute approximate surface area is 171 Å². The van der Waals surface area contributed by atoms with Crippen molar-refractivity contribution in [2.75, 3.05) is 0 Å². The minimum absolute atomic E-state index is 0.0444. The molecule has 0 saturated carbocycles. The number of thiazole rings is 1. The number of hydrogen-bond donors (Lipinski definition) is 0. The van der Waals surface area contributed by atoms with Crippen molar-refractivity contribution in [1.29, 1.82) is 0 Å². The largest absolute Gasteiger partial charge is 0.462 e. The van der Waals surface area contributed by atoms with Crippen molar-refractivity contribution >= 4 is 17.3 Å². The Morgan fingerprint density at radius 2 is 2.03 bits per heavy atom. The summed E-state index contributed by atoms with van der Waals surface area (Å²) in [5, 5.41) is 4.18. The van der Waals surface area contributed by atoms with Gasteiger partial charge in [0.2, 0.25) is 5.82 Å². The first-order valence-electron chi connectivity index (χ1n) is 8.50. The van der Waals surface area contributed by atoms with E-state index in [9.17, 15) is 18.0 Å². The van der Waals surface area contributed by atoms with Gasteiger partial charge in [0.25, 0.3) is 5.89 Å². The number of ether oxygens (including phenoxy) is 1. The number of benzene rings is 1. The number of aryl methyl sites for hydroxylation is 1. The average molecular weight is 435 g/mol. The molecular formula is C19H12F3N3O4S. The van der Waals surface area contributed by atoms with E-state index in [2.05, 4.69) is 15.1 Å². The summed E-state index contributed by atoms with van der Waals surface area (Å²) >= 11 is 1.28. The Bertz CT molecular complexity index is 1180. The highest BCUT2D eigenvalue weighted by Gasteiger charge is 2.30. The van der Waals surface area contributed by atoms with Gasteiger partial charge in [-0.25, -0.2) is 9.78 Å². The fraction of sp³-hybridized carbons (Fsp3) is 0.158. The van der Waals surface area contributed by atoms with Gasteiger partial charge in [-0.3, -0.25) is 0 Å². The van der Waals surface area contributed by atoms with Gasteiger partial charge in [-0.05, 0) is 31.2 Å². The molecule has 0 atom stereocenters. The van der Waals surface area contributed by atoms with Crippen LogP contribution < -0.4 is 0 Å². The zero-order chi connectivity index (χ0) is 21.3. The second-order valence-corrected chi connectivity index (χ2v) is 7.27. The number of hydrogen-bond acceptors (Lipinski definition) is 8. The summed E-state index contributed by atoms with van der Waals surface area (Å²) in [7, 11) is 0. The third kappa shape index (κ3) is 4.10. The van der Waals surface area contributed by atoms with Crippen molar-refractivity contribution < 1.29 is 31.6 Å². The number of halogens is 3. The van der Waals surface area contributed by atoms with E-state index in [0.717, 1.165) is 12.1 Å². The van der Waals surface area contributed by atoms with Crippen LogP contribution in [0, 0.1) is 6.92 Å². The monoisotopic (exact) mass is 435 g/mol. The molecule has 7 nitrogen and oxygen atoms in total. The third-order valence-corrected chi connectivity index (χ3v) is 4.95. The quantitative estimate of drug-likeness (QED) is 0.401. The van der Waals surface area contributed by atoms with Crippen molar-refractivity contribution in [3.63, 3.8) is 0 Å².